The van der Waals surface area contributed by atoms with E-state index in [-0.39, 0.29) is 0 Å². The Balaban J connectivity index is 0.000000133. The van der Waals surface area contributed by atoms with Crippen molar-refractivity contribution in [3.63, 3.8) is 0 Å². The van der Waals surface area contributed by atoms with Gasteiger partial charge in [0.25, 0.3) is 0 Å². The average molecular weight is 1730 g/mol. The summed E-state index contributed by atoms with van der Waals surface area (Å²) in [6.45, 7) is 13.1. The van der Waals surface area contributed by atoms with Gasteiger partial charge in [-0.1, -0.05) is 455 Å². The van der Waals surface area contributed by atoms with Crippen molar-refractivity contribution in [3.8, 4) is 5.75 Å². The molecule has 16 bridgehead atoms. The number of rotatable bonds is 51. The summed E-state index contributed by atoms with van der Waals surface area (Å²) < 4.78 is 11.8. The number of hydrogen-bond donors (Lipinski definition) is 0. The molecular formula is C125H194O2. The molecule has 24 atom stereocenters. The quantitative estimate of drug-likeness (QED) is 0.0414. The Morgan fingerprint density at radius 1 is 0.205 bits per heavy atom. The Morgan fingerprint density at radius 3 is 0.709 bits per heavy atom. The van der Waals surface area contributed by atoms with Crippen LogP contribution in [0.1, 0.15) is 425 Å². The molecule has 0 spiro atoms. The largest absolute Gasteiger partial charge is 0.493 e. The first-order chi connectivity index (χ1) is 62.7. The summed E-state index contributed by atoms with van der Waals surface area (Å²) in [6.07, 6.45) is 127. The van der Waals surface area contributed by atoms with Crippen molar-refractivity contribution < 1.29 is 9.47 Å². The monoisotopic (exact) mass is 1730 g/mol. The molecule has 3 aromatic carbocycles. The molecule has 0 amide bonds. The zero-order valence-electron chi connectivity index (χ0n) is 82.9. The van der Waals surface area contributed by atoms with Crippen LogP contribution in [0, 0.1) is 136 Å². The summed E-state index contributed by atoms with van der Waals surface area (Å²) in [6, 6.07) is 31.5. The Labute approximate surface area is 784 Å². The normalized spacial score (nSPS) is 31.4. The van der Waals surface area contributed by atoms with E-state index in [1.165, 1.54) is 396 Å². The number of benzene rings is 3. The number of ether oxygens (including phenoxy) is 2. The summed E-state index contributed by atoms with van der Waals surface area (Å²) in [4.78, 5) is 0. The molecule has 0 saturated heterocycles. The lowest BCUT2D eigenvalue weighted by Gasteiger charge is -2.18. The van der Waals surface area contributed by atoms with Crippen LogP contribution in [-0.4, -0.2) is 12.7 Å². The molecule has 8 fully saturated rings. The van der Waals surface area contributed by atoms with Crippen LogP contribution in [0.3, 0.4) is 0 Å². The number of unbranched alkanes of at least 4 members (excludes halogenated alkanes) is 32. The summed E-state index contributed by atoms with van der Waals surface area (Å²) in [5.41, 5.74) is 2.79. The van der Waals surface area contributed by atoms with E-state index in [0.29, 0.717) is 12.0 Å². The molecule has 0 N–H and O–H groups in total. The lowest BCUT2D eigenvalue weighted by molar-refractivity contribution is 0.0245. The number of allylic oxidation sites excluding steroid dienone is 15. The minimum atomic E-state index is 0.472. The van der Waals surface area contributed by atoms with Crippen molar-refractivity contribution in [1.82, 2.24) is 0 Å². The second-order valence-corrected chi connectivity index (χ2v) is 44.8. The Morgan fingerprint density at radius 2 is 0.449 bits per heavy atom. The Bertz CT molecular complexity index is 3370. The molecule has 127 heavy (non-hydrogen) atoms. The molecule has 16 aliphatic carbocycles. The van der Waals surface area contributed by atoms with Gasteiger partial charge in [0.05, 0.1) is 19.3 Å². The molecule has 0 radical (unpaired) electrons. The van der Waals surface area contributed by atoms with Crippen LogP contribution >= 0.6 is 0 Å². The second-order valence-electron chi connectivity index (χ2n) is 44.8. The maximum atomic E-state index is 5.97. The Hall–Kier alpha value is -4.66. The summed E-state index contributed by atoms with van der Waals surface area (Å²) in [5, 5.41) is 0. The van der Waals surface area contributed by atoms with E-state index >= 15 is 0 Å². The molecule has 16 aliphatic rings. The van der Waals surface area contributed by atoms with E-state index in [1.54, 1.807) is 0 Å². The van der Waals surface area contributed by atoms with E-state index < -0.39 is 0 Å². The average Bonchev–Trinajstić information content (AvgIpc) is 1.74. The molecule has 706 valence electrons. The van der Waals surface area contributed by atoms with Crippen molar-refractivity contribution in [1.29, 1.82) is 0 Å². The first kappa shape index (κ1) is 101. The van der Waals surface area contributed by atoms with E-state index in [0.717, 1.165) is 149 Å². The van der Waals surface area contributed by atoms with Crippen LogP contribution < -0.4 is 4.74 Å². The van der Waals surface area contributed by atoms with Crippen molar-refractivity contribution in [2.24, 2.45) is 136 Å². The topological polar surface area (TPSA) is 18.5 Å². The highest BCUT2D eigenvalue weighted by Gasteiger charge is 2.41. The van der Waals surface area contributed by atoms with Gasteiger partial charge in [-0.3, -0.25) is 0 Å². The number of hydrogen-bond acceptors (Lipinski definition) is 2. The predicted octanol–water partition coefficient (Wildman–Crippen LogP) is 37.8. The summed E-state index contributed by atoms with van der Waals surface area (Å²) in [5.74, 6) is 22.7. The highest BCUT2D eigenvalue weighted by molar-refractivity contribution is 5.23. The predicted molar refractivity (Wildman–Crippen MR) is 551 cm³/mol. The molecule has 0 aromatic heterocycles. The van der Waals surface area contributed by atoms with Crippen molar-refractivity contribution in [3.05, 3.63) is 199 Å². The van der Waals surface area contributed by atoms with Gasteiger partial charge in [-0.25, -0.2) is 0 Å². The van der Waals surface area contributed by atoms with Crippen molar-refractivity contribution in [2.45, 2.75) is 433 Å². The van der Waals surface area contributed by atoms with E-state index in [1.807, 2.05) is 36.4 Å². The number of aryl methyl sites for hydroxylation is 1. The van der Waals surface area contributed by atoms with Gasteiger partial charge in [-0.15, -0.1) is 0 Å². The molecular weight excluding hydrogens is 1530 g/mol. The second kappa shape index (κ2) is 59.9. The van der Waals surface area contributed by atoms with Gasteiger partial charge in [0.2, 0.25) is 0 Å². The number of para-hydroxylation sites is 1. The van der Waals surface area contributed by atoms with Gasteiger partial charge in [-0.05, 0) is 295 Å². The highest BCUT2D eigenvalue weighted by atomic mass is 16.5. The van der Waals surface area contributed by atoms with Gasteiger partial charge in [-0.2, -0.15) is 0 Å². The van der Waals surface area contributed by atoms with Crippen molar-refractivity contribution in [2.75, 3.05) is 6.61 Å². The van der Waals surface area contributed by atoms with Gasteiger partial charge in [0, 0.05) is 5.92 Å². The van der Waals surface area contributed by atoms with Gasteiger partial charge < -0.3 is 9.47 Å². The molecule has 3 aromatic rings. The smallest absolute Gasteiger partial charge is 0.119 e. The maximum absolute atomic E-state index is 5.97. The van der Waals surface area contributed by atoms with Gasteiger partial charge in [0.15, 0.2) is 0 Å². The molecule has 0 aliphatic heterocycles. The standard InChI is InChI=1S/C21H38.C19H34.C17H30.C15H18.C15H26.2C14H16O.C10H16/c1-2-3-4-5-6-7-8-9-10-11-12-13-14-20-17-19-15-16-21(20)18-19;1-2-3-4-5-6-7-8-9-10-11-12-18-15-17-13-14-19(18)16-17;1-2-3-4-5-6-7-8-9-10-16-13-15-11-12-17(16)14-15;1-2-4-12(5-3-1)6-8-14-10-13-7-9-15(14)11-13;1-2-3-4-5-6-7-8-14-11-13-9-10-15(14)12-13;1-2-4-14(5-3-1)15-10-13-9-11-6-7-12(13)8-11;1-2-4-11(5-3-1)10-15-14-9-12-6-7-13(14)8-12;1-2-3-9-6-8-4-5-10(9)7-8/h15-16,19-21H,2-14,17-18H2,1H3;13-14,17-19H,2-12,15-16H2,1H3;11-12,15-17H,2-10,13-14H2,1H3;1-5,7,9,13-15H,6,8,10-11H2;9-10,13-15H,2-8,11-12H2,1H3;1-7,11-13H,8-10H2;1-7,12-14H,8-10H2;4-5,8-10H,2-3,6-7H2,1H3. The van der Waals surface area contributed by atoms with Crippen molar-refractivity contribution >= 4 is 0 Å². The van der Waals surface area contributed by atoms with Gasteiger partial charge >= 0.3 is 0 Å². The third-order valence-electron chi connectivity index (χ3n) is 34.7. The fourth-order valence-corrected chi connectivity index (χ4v) is 27.1. The molecule has 19 rings (SSSR count). The lowest BCUT2D eigenvalue weighted by atomic mass is 9.88. The third-order valence-corrected chi connectivity index (χ3v) is 34.7. The zero-order valence-corrected chi connectivity index (χ0v) is 82.9. The minimum absolute atomic E-state index is 0.472. The maximum Gasteiger partial charge on any atom is 0.119 e. The van der Waals surface area contributed by atoms with E-state index in [9.17, 15) is 0 Å². The fraction of sp³-hybridized carbons (Fsp3) is 0.728. The fourth-order valence-electron chi connectivity index (χ4n) is 27.1. The molecule has 24 unspecified atom stereocenters. The number of fused-ring (bicyclic) bond motifs is 16. The lowest BCUT2D eigenvalue weighted by Crippen LogP contribution is -2.17. The molecule has 2 heteroatoms. The zero-order chi connectivity index (χ0) is 87.8. The Kier molecular flexibility index (Phi) is 47.7. The highest BCUT2D eigenvalue weighted by Crippen LogP contribution is 2.52. The van der Waals surface area contributed by atoms with Crippen LogP contribution in [0.5, 0.6) is 5.75 Å². The first-order valence-electron chi connectivity index (χ1n) is 56.6. The molecule has 0 heterocycles. The van der Waals surface area contributed by atoms with Crippen LogP contribution in [0.2, 0.25) is 0 Å². The SMILES string of the molecule is C1=CC2CC1CC2CCc1ccccc1.C1=CC2CC1CC2COc1ccccc1.C1=CC2CC1CC2OCc1ccccc1.CCCC1CC2C=CC1C2.CCCCCCCCC1CC2C=CC1C2.CCCCCCCCCCC1CC2C=CC1C2.CCCCCCCCCCCCC1CC2C=CC1C2.CCCCCCCCCCCCCCC1CC2C=CC1C2. The van der Waals surface area contributed by atoms with Crippen LogP contribution in [0.15, 0.2) is 188 Å². The molecule has 2 nitrogen and oxygen atoms in total. The van der Waals surface area contributed by atoms with Gasteiger partial charge in [0.1, 0.15) is 5.75 Å². The first-order valence-corrected chi connectivity index (χ1v) is 56.6. The van der Waals surface area contributed by atoms with Crippen LogP contribution in [0.25, 0.3) is 0 Å². The van der Waals surface area contributed by atoms with E-state index in [2.05, 4.69) is 186 Å². The summed E-state index contributed by atoms with van der Waals surface area (Å²) in [7, 11) is 0. The third kappa shape index (κ3) is 36.6. The van der Waals surface area contributed by atoms with Crippen LogP contribution in [0.4, 0.5) is 0 Å². The molecule has 8 saturated carbocycles. The van der Waals surface area contributed by atoms with E-state index in [4.69, 9.17) is 9.47 Å². The minimum Gasteiger partial charge on any atom is -0.493 e. The summed E-state index contributed by atoms with van der Waals surface area (Å²) >= 11 is 0. The van der Waals surface area contributed by atoms with Crippen LogP contribution in [-0.2, 0) is 17.8 Å².